The van der Waals surface area contributed by atoms with Crippen molar-refractivity contribution in [2.24, 2.45) is 5.73 Å². The lowest BCUT2D eigenvalue weighted by atomic mass is 10.0. The van der Waals surface area contributed by atoms with E-state index in [1.54, 1.807) is 0 Å². The Morgan fingerprint density at radius 1 is 0.714 bits per heavy atom. The summed E-state index contributed by atoms with van der Waals surface area (Å²) < 4.78 is 0. The number of carbonyl (C=O) groups is 2. The fraction of sp³-hybridized carbons (Fsp3) is 0.875. The van der Waals surface area contributed by atoms with Gasteiger partial charge in [-0.25, -0.2) is 4.79 Å². The number of nitrogens with two attached hydrogens (primary N) is 1. The van der Waals surface area contributed by atoms with E-state index in [9.17, 15) is 9.59 Å². The third kappa shape index (κ3) is 18.7. The first-order valence-electron chi connectivity index (χ1n) is 8.38. The van der Waals surface area contributed by atoms with Gasteiger partial charge in [0.2, 0.25) is 5.91 Å². The predicted molar refractivity (Wildman–Crippen MR) is 85.2 cm³/mol. The number of hydrogen-bond acceptors (Lipinski definition) is 2. The Hall–Kier alpha value is -1.26. The second-order valence-corrected chi connectivity index (χ2v) is 5.69. The third-order valence-corrected chi connectivity index (χ3v) is 3.63. The number of unbranched alkanes of at least 4 members (excludes halogenated alkanes) is 11. The summed E-state index contributed by atoms with van der Waals surface area (Å²) >= 11 is 0. The molecule has 0 spiro atoms. The molecule has 4 N–H and O–H groups in total. The SMILES string of the molecule is NC(=O)CCCCCCCCCCCCCCNC(=O)O. The predicted octanol–water partition coefficient (Wildman–Crippen LogP) is 3.81. The molecular formula is C16H32N2O3. The number of primary amides is 1. The minimum absolute atomic E-state index is 0.186. The molecule has 0 aliphatic carbocycles. The number of amides is 2. The van der Waals surface area contributed by atoms with Gasteiger partial charge in [-0.05, 0) is 12.8 Å². The van der Waals surface area contributed by atoms with E-state index in [1.807, 2.05) is 0 Å². The van der Waals surface area contributed by atoms with Gasteiger partial charge in [-0.15, -0.1) is 0 Å². The quantitative estimate of drug-likeness (QED) is 0.401. The zero-order chi connectivity index (χ0) is 15.8. The highest BCUT2D eigenvalue weighted by atomic mass is 16.4. The van der Waals surface area contributed by atoms with Crippen LogP contribution in [-0.4, -0.2) is 23.7 Å². The van der Waals surface area contributed by atoms with Crippen LogP contribution in [0.2, 0.25) is 0 Å². The Morgan fingerprint density at radius 2 is 1.10 bits per heavy atom. The molecule has 0 aliphatic rings. The summed E-state index contributed by atoms with van der Waals surface area (Å²) in [6, 6.07) is 0. The molecule has 0 bridgehead atoms. The summed E-state index contributed by atoms with van der Waals surface area (Å²) in [6.07, 6.45) is 13.8. The number of carbonyl (C=O) groups excluding carboxylic acids is 1. The lowest BCUT2D eigenvalue weighted by Gasteiger charge is -2.03. The number of hydrogen-bond donors (Lipinski definition) is 3. The Balaban J connectivity index is 2.99. The smallest absolute Gasteiger partial charge is 0.404 e. The number of rotatable bonds is 15. The largest absolute Gasteiger partial charge is 0.465 e. The minimum atomic E-state index is -0.926. The van der Waals surface area contributed by atoms with Crippen molar-refractivity contribution in [3.63, 3.8) is 0 Å². The summed E-state index contributed by atoms with van der Waals surface area (Å²) in [6.45, 7) is 0.574. The Morgan fingerprint density at radius 3 is 1.48 bits per heavy atom. The molecular weight excluding hydrogens is 268 g/mol. The van der Waals surface area contributed by atoms with Crippen LogP contribution in [0.4, 0.5) is 4.79 Å². The molecule has 21 heavy (non-hydrogen) atoms. The summed E-state index contributed by atoms with van der Waals surface area (Å²) in [7, 11) is 0. The third-order valence-electron chi connectivity index (χ3n) is 3.63. The average Bonchev–Trinajstić information content (AvgIpc) is 2.42. The van der Waals surface area contributed by atoms with Crippen molar-refractivity contribution < 1.29 is 14.7 Å². The fourth-order valence-electron chi connectivity index (χ4n) is 2.39. The summed E-state index contributed by atoms with van der Waals surface area (Å²) in [5.74, 6) is -0.186. The van der Waals surface area contributed by atoms with Crippen LogP contribution in [0.15, 0.2) is 0 Å². The lowest BCUT2D eigenvalue weighted by molar-refractivity contribution is -0.118. The van der Waals surface area contributed by atoms with Crippen LogP contribution in [0.1, 0.15) is 83.5 Å². The molecule has 5 nitrogen and oxygen atoms in total. The second-order valence-electron chi connectivity index (χ2n) is 5.69. The molecule has 0 radical (unpaired) electrons. The molecule has 0 aliphatic heterocycles. The monoisotopic (exact) mass is 300 g/mol. The molecule has 0 unspecified atom stereocenters. The maximum absolute atomic E-state index is 10.5. The van der Waals surface area contributed by atoms with Crippen molar-refractivity contribution in [3.8, 4) is 0 Å². The van der Waals surface area contributed by atoms with Gasteiger partial charge in [-0.2, -0.15) is 0 Å². The van der Waals surface area contributed by atoms with Crippen LogP contribution < -0.4 is 11.1 Å². The van der Waals surface area contributed by atoms with Gasteiger partial charge in [0.05, 0.1) is 0 Å². The number of nitrogens with one attached hydrogen (secondary N) is 1. The highest BCUT2D eigenvalue weighted by Gasteiger charge is 1.96. The average molecular weight is 300 g/mol. The topological polar surface area (TPSA) is 92.4 Å². The zero-order valence-corrected chi connectivity index (χ0v) is 13.2. The molecule has 0 aromatic rings. The van der Waals surface area contributed by atoms with Gasteiger partial charge in [-0.3, -0.25) is 4.79 Å². The van der Waals surface area contributed by atoms with Crippen LogP contribution in [-0.2, 0) is 4.79 Å². The molecule has 0 fully saturated rings. The molecule has 0 saturated heterocycles. The Labute approximate surface area is 128 Å². The van der Waals surface area contributed by atoms with Crippen molar-refractivity contribution in [2.75, 3.05) is 6.54 Å². The van der Waals surface area contributed by atoms with E-state index in [0.717, 1.165) is 25.7 Å². The molecule has 124 valence electrons. The Kier molecular flexibility index (Phi) is 14.2. The summed E-state index contributed by atoms with van der Waals surface area (Å²) in [5, 5.41) is 10.8. The van der Waals surface area contributed by atoms with Gasteiger partial charge in [0, 0.05) is 13.0 Å². The number of carboxylic acid groups (broad SMARTS) is 1. The van der Waals surface area contributed by atoms with Gasteiger partial charge in [-0.1, -0.05) is 64.2 Å². The standard InChI is InChI=1S/C16H32N2O3/c17-15(19)13-11-9-7-5-3-1-2-4-6-8-10-12-14-18-16(20)21/h18H,1-14H2,(H2,17,19)(H,20,21). The first-order chi connectivity index (χ1) is 10.1. The van der Waals surface area contributed by atoms with Crippen molar-refractivity contribution in [2.45, 2.75) is 83.5 Å². The lowest BCUT2D eigenvalue weighted by Crippen LogP contribution is -2.21. The fourth-order valence-corrected chi connectivity index (χ4v) is 2.39. The van der Waals surface area contributed by atoms with Crippen molar-refractivity contribution in [1.29, 1.82) is 0 Å². The van der Waals surface area contributed by atoms with E-state index in [2.05, 4.69) is 5.32 Å². The van der Waals surface area contributed by atoms with E-state index < -0.39 is 6.09 Å². The van der Waals surface area contributed by atoms with Crippen molar-refractivity contribution in [3.05, 3.63) is 0 Å². The zero-order valence-electron chi connectivity index (χ0n) is 13.2. The second kappa shape index (κ2) is 15.1. The van der Waals surface area contributed by atoms with Gasteiger partial charge in [0.1, 0.15) is 0 Å². The highest BCUT2D eigenvalue weighted by Crippen LogP contribution is 2.12. The highest BCUT2D eigenvalue weighted by molar-refractivity contribution is 5.73. The van der Waals surface area contributed by atoms with Gasteiger partial charge in [0.15, 0.2) is 0 Å². The van der Waals surface area contributed by atoms with E-state index in [-0.39, 0.29) is 5.91 Å². The summed E-state index contributed by atoms with van der Waals surface area (Å²) in [4.78, 5) is 20.8. The van der Waals surface area contributed by atoms with Crippen LogP contribution in [0, 0.1) is 0 Å². The summed E-state index contributed by atoms with van der Waals surface area (Å²) in [5.41, 5.74) is 5.08. The molecule has 0 aromatic carbocycles. The van der Waals surface area contributed by atoms with Crippen molar-refractivity contribution in [1.82, 2.24) is 5.32 Å². The van der Waals surface area contributed by atoms with E-state index in [4.69, 9.17) is 10.8 Å². The van der Waals surface area contributed by atoms with Gasteiger partial charge in [0.25, 0.3) is 0 Å². The maximum Gasteiger partial charge on any atom is 0.404 e. The van der Waals surface area contributed by atoms with E-state index >= 15 is 0 Å². The molecule has 0 rings (SSSR count). The van der Waals surface area contributed by atoms with Crippen molar-refractivity contribution >= 4 is 12.0 Å². The molecule has 0 atom stereocenters. The van der Waals surface area contributed by atoms with Gasteiger partial charge < -0.3 is 16.2 Å². The molecule has 0 saturated carbocycles. The molecule has 5 heteroatoms. The minimum Gasteiger partial charge on any atom is -0.465 e. The maximum atomic E-state index is 10.5. The first kappa shape index (κ1) is 19.7. The molecule has 0 heterocycles. The Bertz CT molecular complexity index is 244. The van der Waals surface area contributed by atoms with Gasteiger partial charge >= 0.3 is 6.09 Å². The molecule has 2 amide bonds. The van der Waals surface area contributed by atoms with Crippen LogP contribution in [0.25, 0.3) is 0 Å². The normalized spacial score (nSPS) is 10.5. The first-order valence-corrected chi connectivity index (χ1v) is 8.38. The molecule has 0 aromatic heterocycles. The van der Waals surface area contributed by atoms with Crippen LogP contribution in [0.3, 0.4) is 0 Å². The van der Waals surface area contributed by atoms with Crippen LogP contribution >= 0.6 is 0 Å². The van der Waals surface area contributed by atoms with E-state index in [1.165, 1.54) is 51.4 Å². The van der Waals surface area contributed by atoms with Crippen LogP contribution in [0.5, 0.6) is 0 Å². The van der Waals surface area contributed by atoms with E-state index in [0.29, 0.717) is 13.0 Å².